The number of likely N-dealkylation sites (N-methyl/N-ethyl adjacent to an activating group) is 1. The van der Waals surface area contributed by atoms with E-state index >= 15 is 0 Å². The lowest BCUT2D eigenvalue weighted by Gasteiger charge is -2.26. The second kappa shape index (κ2) is 8.07. The molecule has 2 aromatic carbocycles. The Hall–Kier alpha value is -2.79. The Bertz CT molecular complexity index is 1000. The molecule has 1 heterocycles. The molecule has 1 N–H and O–H groups in total. The third kappa shape index (κ3) is 3.76. The van der Waals surface area contributed by atoms with Crippen LogP contribution in [-0.4, -0.2) is 38.6 Å². The number of amides is 1. The molecule has 148 valence electrons. The number of nitrogens with zero attached hydrogens (tertiary/aromatic N) is 1. The van der Waals surface area contributed by atoms with Crippen LogP contribution in [0, 0.1) is 20.8 Å². The van der Waals surface area contributed by atoms with Gasteiger partial charge in [-0.1, -0.05) is 24.3 Å². The Morgan fingerprint density at radius 3 is 2.57 bits per heavy atom. The number of rotatable bonds is 6. The minimum absolute atomic E-state index is 0.0197. The molecule has 0 saturated carbocycles. The third-order valence-corrected chi connectivity index (χ3v) is 5.15. The summed E-state index contributed by atoms with van der Waals surface area (Å²) in [5.41, 5.74) is 4.91. The Morgan fingerprint density at radius 1 is 1.18 bits per heavy atom. The molecule has 3 rings (SSSR count). The number of ether oxygens (including phenoxy) is 1. The molecule has 3 aromatic rings. The predicted octanol–water partition coefficient (Wildman–Crippen LogP) is 4.40. The number of nitrogens with one attached hydrogen (secondary N) is 1. The monoisotopic (exact) mass is 380 g/mol. The van der Waals surface area contributed by atoms with Crippen molar-refractivity contribution < 1.29 is 13.9 Å². The molecule has 5 heteroatoms. The van der Waals surface area contributed by atoms with Crippen LogP contribution in [-0.2, 0) is 0 Å². The highest BCUT2D eigenvalue weighted by molar-refractivity contribution is 6.00. The highest BCUT2D eigenvalue weighted by Gasteiger charge is 2.23. The number of methoxy groups -OCH3 is 1. The largest absolute Gasteiger partial charge is 0.496 e. The lowest BCUT2D eigenvalue weighted by atomic mass is 10.0. The van der Waals surface area contributed by atoms with Crippen LogP contribution in [0.15, 0.2) is 40.8 Å². The SMILES string of the molecule is COc1ccccc1[C@@H](CNC(=O)c1oc2cc(C)cc(C)c2c1C)N(C)C. The summed E-state index contributed by atoms with van der Waals surface area (Å²) in [6, 6.07) is 11.9. The van der Waals surface area contributed by atoms with E-state index in [2.05, 4.69) is 16.3 Å². The maximum absolute atomic E-state index is 12.9. The lowest BCUT2D eigenvalue weighted by Crippen LogP contribution is -2.34. The summed E-state index contributed by atoms with van der Waals surface area (Å²) in [5, 5.41) is 4.05. The van der Waals surface area contributed by atoms with Crippen molar-refractivity contribution in [3.05, 3.63) is 64.4 Å². The summed E-state index contributed by atoms with van der Waals surface area (Å²) in [7, 11) is 5.63. The van der Waals surface area contributed by atoms with Gasteiger partial charge in [-0.3, -0.25) is 4.79 Å². The van der Waals surface area contributed by atoms with E-state index in [0.717, 1.165) is 39.0 Å². The molecule has 1 amide bonds. The second-order valence-electron chi connectivity index (χ2n) is 7.44. The fraction of sp³-hybridized carbons (Fsp3) is 0.348. The molecule has 28 heavy (non-hydrogen) atoms. The number of fused-ring (bicyclic) bond motifs is 1. The van der Waals surface area contributed by atoms with Crippen molar-refractivity contribution in [2.45, 2.75) is 26.8 Å². The number of para-hydroxylation sites is 1. The molecule has 0 spiro atoms. The van der Waals surface area contributed by atoms with Gasteiger partial charge in [0.2, 0.25) is 0 Å². The number of furan rings is 1. The van der Waals surface area contributed by atoms with E-state index in [1.54, 1.807) is 7.11 Å². The maximum Gasteiger partial charge on any atom is 0.287 e. The van der Waals surface area contributed by atoms with Gasteiger partial charge >= 0.3 is 0 Å². The van der Waals surface area contributed by atoms with Crippen LogP contribution < -0.4 is 10.1 Å². The van der Waals surface area contributed by atoms with Crippen LogP contribution >= 0.6 is 0 Å². The maximum atomic E-state index is 12.9. The zero-order chi connectivity index (χ0) is 20.4. The number of aryl methyl sites for hydroxylation is 3. The summed E-state index contributed by atoms with van der Waals surface area (Å²) in [6.07, 6.45) is 0. The highest BCUT2D eigenvalue weighted by atomic mass is 16.5. The molecule has 0 aliphatic heterocycles. The Labute approximate surface area is 166 Å². The molecular weight excluding hydrogens is 352 g/mol. The molecule has 0 radical (unpaired) electrons. The van der Waals surface area contributed by atoms with Gasteiger partial charge < -0.3 is 19.4 Å². The normalized spacial score (nSPS) is 12.4. The van der Waals surface area contributed by atoms with Gasteiger partial charge in [-0.05, 0) is 58.1 Å². The summed E-state index contributed by atoms with van der Waals surface area (Å²) in [5.74, 6) is 0.982. The van der Waals surface area contributed by atoms with Crippen LogP contribution in [0.3, 0.4) is 0 Å². The van der Waals surface area contributed by atoms with Gasteiger partial charge in [0, 0.05) is 23.1 Å². The van der Waals surface area contributed by atoms with E-state index in [9.17, 15) is 4.79 Å². The first-order chi connectivity index (χ1) is 13.3. The number of benzene rings is 2. The van der Waals surface area contributed by atoms with E-state index in [1.807, 2.05) is 65.2 Å². The summed E-state index contributed by atoms with van der Waals surface area (Å²) < 4.78 is 11.4. The topological polar surface area (TPSA) is 54.7 Å². The zero-order valence-corrected chi connectivity index (χ0v) is 17.4. The van der Waals surface area contributed by atoms with Crippen LogP contribution in [0.1, 0.15) is 38.9 Å². The van der Waals surface area contributed by atoms with Gasteiger partial charge in [0.05, 0.1) is 13.2 Å². The van der Waals surface area contributed by atoms with Crippen molar-refractivity contribution >= 4 is 16.9 Å². The van der Waals surface area contributed by atoms with E-state index in [1.165, 1.54) is 0 Å². The van der Waals surface area contributed by atoms with Crippen molar-refractivity contribution in [3.8, 4) is 5.75 Å². The van der Waals surface area contributed by atoms with Gasteiger partial charge in [-0.2, -0.15) is 0 Å². The third-order valence-electron chi connectivity index (χ3n) is 5.15. The molecule has 1 atom stereocenters. The molecule has 1 aromatic heterocycles. The fourth-order valence-electron chi connectivity index (χ4n) is 3.79. The van der Waals surface area contributed by atoms with Gasteiger partial charge in [-0.15, -0.1) is 0 Å². The number of hydrogen-bond donors (Lipinski definition) is 1. The zero-order valence-electron chi connectivity index (χ0n) is 17.4. The molecule has 5 nitrogen and oxygen atoms in total. The van der Waals surface area contributed by atoms with Gasteiger partial charge in [0.1, 0.15) is 11.3 Å². The standard InChI is InChI=1S/C23H28N2O3/c1-14-11-15(2)21-16(3)22(28-20(21)12-14)23(26)24-13-18(25(4)5)17-9-7-8-10-19(17)27-6/h7-12,18H,13H2,1-6H3,(H,24,26)/t18-/m1/s1. The molecule has 0 saturated heterocycles. The number of carbonyl (C=O) groups excluding carboxylic acids is 1. The molecule has 0 aliphatic rings. The van der Waals surface area contributed by atoms with E-state index in [4.69, 9.17) is 9.15 Å². The van der Waals surface area contributed by atoms with Crippen molar-refractivity contribution in [2.24, 2.45) is 0 Å². The molecule has 0 fully saturated rings. The minimum atomic E-state index is -0.201. The Morgan fingerprint density at radius 2 is 1.89 bits per heavy atom. The summed E-state index contributed by atoms with van der Waals surface area (Å²) >= 11 is 0. The van der Waals surface area contributed by atoms with Crippen LogP contribution in [0.4, 0.5) is 0 Å². The molecular formula is C23H28N2O3. The summed E-state index contributed by atoms with van der Waals surface area (Å²) in [6.45, 7) is 6.45. The fourth-order valence-corrected chi connectivity index (χ4v) is 3.79. The number of carbonyl (C=O) groups is 1. The van der Waals surface area contributed by atoms with Crippen molar-refractivity contribution in [1.82, 2.24) is 10.2 Å². The van der Waals surface area contributed by atoms with Crippen molar-refractivity contribution in [1.29, 1.82) is 0 Å². The Balaban J connectivity index is 1.85. The first kappa shape index (κ1) is 20.0. The van der Waals surface area contributed by atoms with E-state index < -0.39 is 0 Å². The van der Waals surface area contributed by atoms with Crippen LogP contribution in [0.5, 0.6) is 5.75 Å². The van der Waals surface area contributed by atoms with Crippen molar-refractivity contribution in [3.63, 3.8) is 0 Å². The van der Waals surface area contributed by atoms with Gasteiger partial charge in [0.15, 0.2) is 5.76 Å². The van der Waals surface area contributed by atoms with E-state index in [-0.39, 0.29) is 11.9 Å². The first-order valence-corrected chi connectivity index (χ1v) is 9.41. The average Bonchev–Trinajstić information content (AvgIpc) is 2.98. The number of hydrogen-bond acceptors (Lipinski definition) is 4. The van der Waals surface area contributed by atoms with Crippen LogP contribution in [0.2, 0.25) is 0 Å². The quantitative estimate of drug-likeness (QED) is 0.689. The highest BCUT2D eigenvalue weighted by Crippen LogP contribution is 2.30. The van der Waals surface area contributed by atoms with Crippen molar-refractivity contribution in [2.75, 3.05) is 27.7 Å². The summed E-state index contributed by atoms with van der Waals surface area (Å²) in [4.78, 5) is 15.0. The first-order valence-electron chi connectivity index (χ1n) is 9.41. The molecule has 0 aliphatic carbocycles. The molecule has 0 unspecified atom stereocenters. The minimum Gasteiger partial charge on any atom is -0.496 e. The Kier molecular flexibility index (Phi) is 5.75. The van der Waals surface area contributed by atoms with Gasteiger partial charge in [0.25, 0.3) is 5.91 Å². The second-order valence-corrected chi connectivity index (χ2v) is 7.44. The van der Waals surface area contributed by atoms with Gasteiger partial charge in [-0.25, -0.2) is 0 Å². The van der Waals surface area contributed by atoms with Crippen LogP contribution in [0.25, 0.3) is 11.0 Å². The lowest BCUT2D eigenvalue weighted by molar-refractivity contribution is 0.0915. The molecule has 0 bridgehead atoms. The predicted molar refractivity (Wildman–Crippen MR) is 112 cm³/mol. The average molecular weight is 380 g/mol. The van der Waals surface area contributed by atoms with E-state index in [0.29, 0.717) is 12.3 Å². The smallest absolute Gasteiger partial charge is 0.287 e.